The average molecular weight is 234 g/mol. The van der Waals surface area contributed by atoms with Gasteiger partial charge in [-0.1, -0.05) is 19.1 Å². The highest BCUT2D eigenvalue weighted by Crippen LogP contribution is 2.29. The number of hydrogen-bond acceptors (Lipinski definition) is 3. The van der Waals surface area contributed by atoms with Crippen molar-refractivity contribution in [1.29, 1.82) is 0 Å². The summed E-state index contributed by atoms with van der Waals surface area (Å²) in [6.07, 6.45) is 1.24. The van der Waals surface area contributed by atoms with E-state index in [0.29, 0.717) is 6.04 Å². The lowest BCUT2D eigenvalue weighted by atomic mass is 9.96. The van der Waals surface area contributed by atoms with Crippen LogP contribution in [0.3, 0.4) is 0 Å². The van der Waals surface area contributed by atoms with Crippen LogP contribution in [0, 0.1) is 5.92 Å². The lowest BCUT2D eigenvalue weighted by Crippen LogP contribution is -2.47. The van der Waals surface area contributed by atoms with Crippen molar-refractivity contribution in [3.8, 4) is 5.75 Å². The number of methoxy groups -OCH3 is 1. The van der Waals surface area contributed by atoms with Crippen LogP contribution in [-0.4, -0.2) is 33.3 Å². The second-order valence-electron chi connectivity index (χ2n) is 4.94. The maximum absolute atomic E-state index is 5.42. The number of nitrogens with zero attached hydrogens (tertiary/aromatic N) is 1. The van der Waals surface area contributed by atoms with E-state index in [1.807, 2.05) is 12.1 Å². The Morgan fingerprint density at radius 3 is 2.76 bits per heavy atom. The Balaban J connectivity index is 2.15. The van der Waals surface area contributed by atoms with Gasteiger partial charge in [0, 0.05) is 19.6 Å². The van der Waals surface area contributed by atoms with Gasteiger partial charge in [0.2, 0.25) is 0 Å². The van der Waals surface area contributed by atoms with Gasteiger partial charge in [-0.05, 0) is 31.0 Å². The minimum atomic E-state index is 0.551. The summed E-state index contributed by atoms with van der Waals surface area (Å²) in [5.74, 6) is 1.69. The first-order chi connectivity index (χ1) is 8.22. The van der Waals surface area contributed by atoms with E-state index in [2.05, 4.69) is 36.3 Å². The molecular weight excluding hydrogens is 212 g/mol. The number of ether oxygens (including phenoxy) is 1. The molecule has 1 fully saturated rings. The number of anilines is 1. The number of likely N-dealkylation sites (N-methyl/N-ethyl adjacent to an activating group) is 1. The second kappa shape index (κ2) is 5.41. The van der Waals surface area contributed by atoms with Crippen molar-refractivity contribution in [1.82, 2.24) is 5.32 Å². The Morgan fingerprint density at radius 2 is 2.06 bits per heavy atom. The highest BCUT2D eigenvalue weighted by molar-refractivity contribution is 5.58. The van der Waals surface area contributed by atoms with E-state index in [4.69, 9.17) is 4.74 Å². The van der Waals surface area contributed by atoms with Gasteiger partial charge in [-0.25, -0.2) is 0 Å². The van der Waals surface area contributed by atoms with Gasteiger partial charge in [0.1, 0.15) is 5.75 Å². The van der Waals surface area contributed by atoms with E-state index in [1.165, 1.54) is 12.1 Å². The number of hydrogen-bond donors (Lipinski definition) is 1. The SMILES string of the molecule is COc1ccccc1N(C)C1CNCC(C)C1. The first kappa shape index (κ1) is 12.2. The van der Waals surface area contributed by atoms with Gasteiger partial charge in [-0.15, -0.1) is 0 Å². The van der Waals surface area contributed by atoms with E-state index in [0.717, 1.165) is 24.8 Å². The van der Waals surface area contributed by atoms with E-state index < -0.39 is 0 Å². The molecule has 3 nitrogen and oxygen atoms in total. The molecule has 0 radical (unpaired) electrons. The van der Waals surface area contributed by atoms with Crippen LogP contribution >= 0.6 is 0 Å². The summed E-state index contributed by atoms with van der Waals surface area (Å²) in [5.41, 5.74) is 1.18. The Labute approximate surface area is 104 Å². The Hall–Kier alpha value is -1.22. The Morgan fingerprint density at radius 1 is 1.29 bits per heavy atom. The third-order valence-corrected chi connectivity index (χ3v) is 3.56. The van der Waals surface area contributed by atoms with Crippen LogP contribution in [-0.2, 0) is 0 Å². The summed E-state index contributed by atoms with van der Waals surface area (Å²) in [6.45, 7) is 4.49. The summed E-state index contributed by atoms with van der Waals surface area (Å²) in [5, 5.41) is 3.49. The molecule has 0 aliphatic carbocycles. The fourth-order valence-corrected chi connectivity index (χ4v) is 2.54. The molecule has 1 aromatic rings. The number of rotatable bonds is 3. The molecule has 0 spiro atoms. The summed E-state index contributed by atoms with van der Waals surface area (Å²) in [4.78, 5) is 2.33. The monoisotopic (exact) mass is 234 g/mol. The van der Waals surface area contributed by atoms with Crippen LogP contribution in [0.15, 0.2) is 24.3 Å². The lowest BCUT2D eigenvalue weighted by molar-refractivity contribution is 0.352. The molecule has 2 rings (SSSR count). The van der Waals surface area contributed by atoms with Crippen molar-refractivity contribution < 1.29 is 4.74 Å². The third-order valence-electron chi connectivity index (χ3n) is 3.56. The molecule has 1 N–H and O–H groups in total. The minimum absolute atomic E-state index is 0.551. The van der Waals surface area contributed by atoms with E-state index in [-0.39, 0.29) is 0 Å². The smallest absolute Gasteiger partial charge is 0.142 e. The standard InChI is InChI=1S/C14H22N2O/c1-11-8-12(10-15-9-11)16(2)13-6-4-5-7-14(13)17-3/h4-7,11-12,15H,8-10H2,1-3H3. The van der Waals surface area contributed by atoms with Crippen molar-refractivity contribution in [2.24, 2.45) is 5.92 Å². The highest BCUT2D eigenvalue weighted by atomic mass is 16.5. The van der Waals surface area contributed by atoms with Crippen molar-refractivity contribution >= 4 is 5.69 Å². The lowest BCUT2D eigenvalue weighted by Gasteiger charge is -2.36. The van der Waals surface area contributed by atoms with Crippen LogP contribution in [0.1, 0.15) is 13.3 Å². The zero-order chi connectivity index (χ0) is 12.3. The molecule has 2 atom stereocenters. The molecule has 1 aliphatic rings. The minimum Gasteiger partial charge on any atom is -0.495 e. The van der Waals surface area contributed by atoms with E-state index in [1.54, 1.807) is 7.11 Å². The van der Waals surface area contributed by atoms with Crippen LogP contribution in [0.5, 0.6) is 5.75 Å². The van der Waals surface area contributed by atoms with Gasteiger partial charge >= 0.3 is 0 Å². The summed E-state index contributed by atoms with van der Waals surface area (Å²) >= 11 is 0. The van der Waals surface area contributed by atoms with Crippen molar-refractivity contribution in [3.05, 3.63) is 24.3 Å². The van der Waals surface area contributed by atoms with E-state index in [9.17, 15) is 0 Å². The maximum Gasteiger partial charge on any atom is 0.142 e. The molecule has 2 unspecified atom stereocenters. The topological polar surface area (TPSA) is 24.5 Å². The fourth-order valence-electron chi connectivity index (χ4n) is 2.54. The van der Waals surface area contributed by atoms with Gasteiger partial charge in [0.15, 0.2) is 0 Å². The molecule has 0 saturated carbocycles. The number of benzene rings is 1. The third kappa shape index (κ3) is 2.72. The summed E-state index contributed by atoms with van der Waals surface area (Å²) in [7, 11) is 3.89. The molecule has 94 valence electrons. The number of nitrogens with one attached hydrogen (secondary N) is 1. The fraction of sp³-hybridized carbons (Fsp3) is 0.571. The zero-order valence-electron chi connectivity index (χ0n) is 10.9. The van der Waals surface area contributed by atoms with Gasteiger partial charge < -0.3 is 15.0 Å². The molecular formula is C14H22N2O. The first-order valence-corrected chi connectivity index (χ1v) is 6.29. The van der Waals surface area contributed by atoms with Gasteiger partial charge in [0.25, 0.3) is 0 Å². The predicted octanol–water partition coefficient (Wildman–Crippen LogP) is 2.13. The van der Waals surface area contributed by atoms with Crippen LogP contribution in [0.25, 0.3) is 0 Å². The van der Waals surface area contributed by atoms with Gasteiger partial charge in [-0.3, -0.25) is 0 Å². The first-order valence-electron chi connectivity index (χ1n) is 6.29. The molecule has 3 heteroatoms. The average Bonchev–Trinajstić information content (AvgIpc) is 2.38. The predicted molar refractivity (Wildman–Crippen MR) is 71.8 cm³/mol. The molecule has 0 amide bonds. The van der Waals surface area contributed by atoms with Crippen molar-refractivity contribution in [2.75, 3.05) is 32.1 Å². The van der Waals surface area contributed by atoms with Gasteiger partial charge in [0.05, 0.1) is 12.8 Å². The van der Waals surface area contributed by atoms with E-state index >= 15 is 0 Å². The largest absolute Gasteiger partial charge is 0.495 e. The molecule has 1 saturated heterocycles. The van der Waals surface area contributed by atoms with Crippen molar-refractivity contribution in [3.63, 3.8) is 0 Å². The van der Waals surface area contributed by atoms with Crippen LogP contribution in [0.2, 0.25) is 0 Å². The molecule has 1 aromatic carbocycles. The Kier molecular flexibility index (Phi) is 3.89. The molecule has 1 heterocycles. The molecule has 17 heavy (non-hydrogen) atoms. The van der Waals surface area contributed by atoms with Crippen LogP contribution in [0.4, 0.5) is 5.69 Å². The summed E-state index contributed by atoms with van der Waals surface area (Å²) < 4.78 is 5.42. The number of piperidine rings is 1. The molecule has 0 aromatic heterocycles. The van der Waals surface area contributed by atoms with Crippen molar-refractivity contribution in [2.45, 2.75) is 19.4 Å². The quantitative estimate of drug-likeness (QED) is 0.867. The zero-order valence-corrected chi connectivity index (χ0v) is 10.9. The number of para-hydroxylation sites is 2. The normalized spacial score (nSPS) is 24.4. The van der Waals surface area contributed by atoms with Gasteiger partial charge in [-0.2, -0.15) is 0 Å². The molecule has 1 aliphatic heterocycles. The molecule has 0 bridgehead atoms. The maximum atomic E-state index is 5.42. The second-order valence-corrected chi connectivity index (χ2v) is 4.94. The summed E-state index contributed by atoms with van der Waals surface area (Å²) in [6, 6.07) is 8.77. The highest BCUT2D eigenvalue weighted by Gasteiger charge is 2.23. The van der Waals surface area contributed by atoms with Crippen LogP contribution < -0.4 is 15.0 Å². The Bertz CT molecular complexity index is 367.